The van der Waals surface area contributed by atoms with Gasteiger partial charge in [-0.05, 0) is 60.4 Å². The fourth-order valence-electron chi connectivity index (χ4n) is 2.14. The summed E-state index contributed by atoms with van der Waals surface area (Å²) in [6.45, 7) is 18.8. The zero-order valence-electron chi connectivity index (χ0n) is 16.1. The summed E-state index contributed by atoms with van der Waals surface area (Å²) in [5, 5.41) is 3.43. The number of hydrogen-bond donors (Lipinski definition) is 1. The van der Waals surface area contributed by atoms with Gasteiger partial charge in [-0.25, -0.2) is 4.79 Å². The van der Waals surface area contributed by atoms with Gasteiger partial charge in [0.1, 0.15) is 5.60 Å². The summed E-state index contributed by atoms with van der Waals surface area (Å²) in [6, 6.07) is 0. The molecule has 0 unspecified atom stereocenters. The van der Waals surface area contributed by atoms with E-state index in [2.05, 4.69) is 19.2 Å². The quantitative estimate of drug-likeness (QED) is 0.674. The molecule has 0 radical (unpaired) electrons. The number of carbonyl (C=O) groups is 1. The van der Waals surface area contributed by atoms with Gasteiger partial charge in [0.05, 0.1) is 0 Å². The van der Waals surface area contributed by atoms with E-state index in [9.17, 15) is 4.79 Å². The fourth-order valence-corrected chi connectivity index (χ4v) is 2.14. The minimum atomic E-state index is -0.454. The van der Waals surface area contributed by atoms with Gasteiger partial charge in [-0.2, -0.15) is 0 Å². The van der Waals surface area contributed by atoms with Gasteiger partial charge in [0.2, 0.25) is 0 Å². The lowest BCUT2D eigenvalue weighted by atomic mass is 10.1. The smallest absolute Gasteiger partial charge is 0.410 e. The average molecular weight is 315 g/mol. The number of amides is 1. The van der Waals surface area contributed by atoms with E-state index in [1.54, 1.807) is 4.90 Å². The molecule has 22 heavy (non-hydrogen) atoms. The first kappa shape index (κ1) is 21.2. The molecule has 4 nitrogen and oxygen atoms in total. The van der Waals surface area contributed by atoms with E-state index in [0.29, 0.717) is 6.54 Å². The molecule has 0 aromatic heterocycles. The molecule has 132 valence electrons. The summed E-state index contributed by atoms with van der Waals surface area (Å²) in [4.78, 5) is 14.1. The number of rotatable bonds is 8. The van der Waals surface area contributed by atoms with Crippen LogP contribution in [0.1, 0.15) is 74.7 Å². The van der Waals surface area contributed by atoms with E-state index >= 15 is 0 Å². The molecule has 0 aliphatic carbocycles. The molecule has 0 rings (SSSR count). The van der Waals surface area contributed by atoms with Gasteiger partial charge in [-0.15, -0.1) is 0 Å². The lowest BCUT2D eigenvalue weighted by Gasteiger charge is -2.37. The van der Waals surface area contributed by atoms with E-state index in [-0.39, 0.29) is 11.6 Å². The third-order valence-electron chi connectivity index (χ3n) is 3.32. The monoisotopic (exact) mass is 314 g/mol. The molecule has 4 heteroatoms. The molecule has 0 saturated carbocycles. The van der Waals surface area contributed by atoms with E-state index in [1.165, 1.54) is 19.3 Å². The van der Waals surface area contributed by atoms with Crippen LogP contribution in [0.4, 0.5) is 4.79 Å². The van der Waals surface area contributed by atoms with Crippen molar-refractivity contribution in [1.82, 2.24) is 10.2 Å². The zero-order chi connectivity index (χ0) is 17.4. The molecule has 0 bridgehead atoms. The van der Waals surface area contributed by atoms with Crippen molar-refractivity contribution in [3.8, 4) is 0 Å². The molecule has 0 aliphatic rings. The SMILES string of the molecule is CC(C)CCCCNCCN(C(=O)OC(C)(C)C)C(C)(C)C. The first-order valence-electron chi connectivity index (χ1n) is 8.65. The Morgan fingerprint density at radius 3 is 2.09 bits per heavy atom. The molecule has 0 saturated heterocycles. The summed E-state index contributed by atoms with van der Waals surface area (Å²) < 4.78 is 5.51. The molecule has 0 aliphatic heterocycles. The third kappa shape index (κ3) is 10.9. The number of nitrogens with zero attached hydrogens (tertiary/aromatic N) is 1. The second kappa shape index (κ2) is 9.39. The number of nitrogens with one attached hydrogen (secondary N) is 1. The van der Waals surface area contributed by atoms with Crippen LogP contribution in [0.25, 0.3) is 0 Å². The Morgan fingerprint density at radius 2 is 1.64 bits per heavy atom. The summed E-state index contributed by atoms with van der Waals surface area (Å²) >= 11 is 0. The normalized spacial score (nSPS) is 12.6. The van der Waals surface area contributed by atoms with Crippen LogP contribution >= 0.6 is 0 Å². The predicted molar refractivity (Wildman–Crippen MR) is 94.3 cm³/mol. The van der Waals surface area contributed by atoms with Gasteiger partial charge < -0.3 is 15.0 Å². The van der Waals surface area contributed by atoms with Crippen molar-refractivity contribution in [2.24, 2.45) is 5.92 Å². The summed E-state index contributed by atoms with van der Waals surface area (Å²) in [5.41, 5.74) is -0.688. The average Bonchev–Trinajstić information content (AvgIpc) is 2.27. The highest BCUT2D eigenvalue weighted by Gasteiger charge is 2.30. The van der Waals surface area contributed by atoms with Gasteiger partial charge in [-0.3, -0.25) is 0 Å². The van der Waals surface area contributed by atoms with Crippen LogP contribution in [0.5, 0.6) is 0 Å². The van der Waals surface area contributed by atoms with E-state index < -0.39 is 5.60 Å². The number of unbranched alkanes of at least 4 members (excludes halogenated alkanes) is 1. The fraction of sp³-hybridized carbons (Fsp3) is 0.944. The summed E-state index contributed by atoms with van der Waals surface area (Å²) in [7, 11) is 0. The van der Waals surface area contributed by atoms with Crippen molar-refractivity contribution < 1.29 is 9.53 Å². The van der Waals surface area contributed by atoms with Crippen LogP contribution < -0.4 is 5.32 Å². The van der Waals surface area contributed by atoms with E-state index in [4.69, 9.17) is 4.74 Å². The first-order valence-corrected chi connectivity index (χ1v) is 8.65. The minimum absolute atomic E-state index is 0.234. The molecule has 0 aromatic rings. The Balaban J connectivity index is 4.15. The Hall–Kier alpha value is -0.770. The van der Waals surface area contributed by atoms with Crippen LogP contribution in [0, 0.1) is 5.92 Å². The number of carbonyl (C=O) groups excluding carboxylic acids is 1. The van der Waals surface area contributed by atoms with Crippen molar-refractivity contribution in [3.63, 3.8) is 0 Å². The van der Waals surface area contributed by atoms with Crippen LogP contribution in [0.2, 0.25) is 0 Å². The highest BCUT2D eigenvalue weighted by Crippen LogP contribution is 2.17. The number of ether oxygens (including phenoxy) is 1. The molecule has 0 aromatic carbocycles. The standard InChI is InChI=1S/C18H38N2O2/c1-15(2)11-9-10-12-19-13-14-20(17(3,4)5)16(21)22-18(6,7)8/h15,19H,9-14H2,1-8H3. The molecular formula is C18H38N2O2. The Kier molecular flexibility index (Phi) is 9.06. The van der Waals surface area contributed by atoms with Crippen molar-refractivity contribution in [2.75, 3.05) is 19.6 Å². The van der Waals surface area contributed by atoms with Gasteiger partial charge in [0.25, 0.3) is 0 Å². The second-order valence-electron chi connectivity index (χ2n) is 8.44. The number of hydrogen-bond acceptors (Lipinski definition) is 3. The van der Waals surface area contributed by atoms with Crippen LogP contribution in [0.3, 0.4) is 0 Å². The first-order chi connectivity index (χ1) is 9.93. The molecule has 1 amide bonds. The lowest BCUT2D eigenvalue weighted by molar-refractivity contribution is 0.00665. The molecule has 0 atom stereocenters. The predicted octanol–water partition coefficient (Wildman–Crippen LogP) is 4.44. The van der Waals surface area contributed by atoms with E-state index in [1.807, 2.05) is 41.5 Å². The Bertz CT molecular complexity index is 314. The van der Waals surface area contributed by atoms with Crippen LogP contribution in [-0.2, 0) is 4.74 Å². The van der Waals surface area contributed by atoms with Gasteiger partial charge in [-0.1, -0.05) is 26.7 Å². The molecule has 1 N–H and O–H groups in total. The molecular weight excluding hydrogens is 276 g/mol. The topological polar surface area (TPSA) is 41.6 Å². The molecule has 0 fully saturated rings. The minimum Gasteiger partial charge on any atom is -0.444 e. The highest BCUT2D eigenvalue weighted by molar-refractivity contribution is 5.69. The Labute approximate surface area is 138 Å². The summed E-state index contributed by atoms with van der Waals surface area (Å²) in [5.74, 6) is 0.781. The maximum Gasteiger partial charge on any atom is 0.410 e. The van der Waals surface area contributed by atoms with Crippen LogP contribution in [-0.4, -0.2) is 41.8 Å². The zero-order valence-corrected chi connectivity index (χ0v) is 16.1. The van der Waals surface area contributed by atoms with Crippen molar-refractivity contribution in [1.29, 1.82) is 0 Å². The van der Waals surface area contributed by atoms with Gasteiger partial charge in [0.15, 0.2) is 0 Å². The third-order valence-corrected chi connectivity index (χ3v) is 3.32. The lowest BCUT2D eigenvalue weighted by Crippen LogP contribution is -2.50. The van der Waals surface area contributed by atoms with Crippen LogP contribution in [0.15, 0.2) is 0 Å². The van der Waals surface area contributed by atoms with Gasteiger partial charge >= 0.3 is 6.09 Å². The second-order valence-corrected chi connectivity index (χ2v) is 8.44. The Morgan fingerprint density at radius 1 is 1.05 bits per heavy atom. The maximum atomic E-state index is 12.3. The van der Waals surface area contributed by atoms with Gasteiger partial charge in [0, 0.05) is 18.6 Å². The van der Waals surface area contributed by atoms with Crippen molar-refractivity contribution in [3.05, 3.63) is 0 Å². The van der Waals surface area contributed by atoms with Crippen molar-refractivity contribution in [2.45, 2.75) is 85.8 Å². The molecule has 0 heterocycles. The molecule has 0 spiro atoms. The maximum absolute atomic E-state index is 12.3. The highest BCUT2D eigenvalue weighted by atomic mass is 16.6. The largest absolute Gasteiger partial charge is 0.444 e. The van der Waals surface area contributed by atoms with E-state index in [0.717, 1.165) is 19.0 Å². The summed E-state index contributed by atoms with van der Waals surface area (Å²) in [6.07, 6.45) is 3.51. The van der Waals surface area contributed by atoms with Crippen molar-refractivity contribution >= 4 is 6.09 Å².